The summed E-state index contributed by atoms with van der Waals surface area (Å²) in [5, 5.41) is 9.86. The summed E-state index contributed by atoms with van der Waals surface area (Å²) in [6.07, 6.45) is 4.49. The topological polar surface area (TPSA) is 169 Å². The van der Waals surface area contributed by atoms with Gasteiger partial charge in [0.25, 0.3) is 0 Å². The number of amidine groups is 1. The summed E-state index contributed by atoms with van der Waals surface area (Å²) in [6.45, 7) is 1.08. The van der Waals surface area contributed by atoms with Crippen LogP contribution < -0.4 is 28.3 Å². The molecule has 0 saturated carbocycles. The van der Waals surface area contributed by atoms with Crippen molar-refractivity contribution in [1.82, 2.24) is 5.32 Å². The SMILES string of the molecule is N=C(N)CCCCCNC(=O)[C@@H](N)CCCN=C(N)N. The van der Waals surface area contributed by atoms with Gasteiger partial charge in [-0.25, -0.2) is 0 Å². The van der Waals surface area contributed by atoms with Crippen molar-refractivity contribution in [2.24, 2.45) is 27.9 Å². The number of carbonyl (C=O) groups is 1. The maximum atomic E-state index is 11.6. The number of hydrogen-bond donors (Lipinski definition) is 6. The molecule has 0 heterocycles. The molecule has 0 aliphatic carbocycles. The maximum absolute atomic E-state index is 11.6. The standard InChI is InChI=1S/C12H27N7O/c13-9(5-4-8-19-12(16)17)11(20)18-7-3-1-2-6-10(14)15/h9H,1-8,13H2,(H3,14,15)(H,18,20)(H4,16,17,19)/t9-/m0/s1. The monoisotopic (exact) mass is 285 g/mol. The van der Waals surface area contributed by atoms with Crippen LogP contribution in [0.4, 0.5) is 0 Å². The second kappa shape index (κ2) is 11.0. The molecule has 0 fully saturated rings. The molecule has 10 N–H and O–H groups in total. The summed E-state index contributed by atoms with van der Waals surface area (Å²) in [5.74, 6) is 0.103. The molecular weight excluding hydrogens is 258 g/mol. The zero-order valence-electron chi connectivity index (χ0n) is 11.9. The van der Waals surface area contributed by atoms with Crippen LogP contribution in [0.15, 0.2) is 4.99 Å². The van der Waals surface area contributed by atoms with Crippen LogP contribution in [0, 0.1) is 5.41 Å². The van der Waals surface area contributed by atoms with Gasteiger partial charge < -0.3 is 28.3 Å². The predicted octanol–water partition coefficient (Wildman–Crippen LogP) is -1.02. The summed E-state index contributed by atoms with van der Waals surface area (Å²) >= 11 is 0. The molecule has 0 bridgehead atoms. The van der Waals surface area contributed by atoms with Crippen molar-refractivity contribution < 1.29 is 4.79 Å². The quantitative estimate of drug-likeness (QED) is 0.162. The van der Waals surface area contributed by atoms with Crippen molar-refractivity contribution >= 4 is 17.7 Å². The Balaban J connectivity index is 3.55. The Hall–Kier alpha value is -1.83. The van der Waals surface area contributed by atoms with E-state index in [1.165, 1.54) is 0 Å². The third-order valence-corrected chi connectivity index (χ3v) is 2.73. The van der Waals surface area contributed by atoms with Crippen LogP contribution in [0.1, 0.15) is 38.5 Å². The molecule has 1 atom stereocenters. The third-order valence-electron chi connectivity index (χ3n) is 2.73. The molecule has 0 saturated heterocycles. The molecule has 20 heavy (non-hydrogen) atoms. The Labute approximate surface area is 119 Å². The van der Waals surface area contributed by atoms with Gasteiger partial charge in [0.15, 0.2) is 5.96 Å². The largest absolute Gasteiger partial charge is 0.388 e. The van der Waals surface area contributed by atoms with Gasteiger partial charge >= 0.3 is 0 Å². The number of aliphatic imine (C=N–C) groups is 1. The number of nitrogens with two attached hydrogens (primary N) is 4. The predicted molar refractivity (Wildman–Crippen MR) is 81.3 cm³/mol. The van der Waals surface area contributed by atoms with Gasteiger partial charge in [-0.2, -0.15) is 0 Å². The number of amides is 1. The molecule has 0 spiro atoms. The first-order valence-electron chi connectivity index (χ1n) is 6.85. The summed E-state index contributed by atoms with van der Waals surface area (Å²) in [6, 6.07) is -0.526. The van der Waals surface area contributed by atoms with Gasteiger partial charge in [-0.15, -0.1) is 0 Å². The lowest BCUT2D eigenvalue weighted by Crippen LogP contribution is -2.41. The fourth-order valence-corrected chi connectivity index (χ4v) is 1.61. The van der Waals surface area contributed by atoms with E-state index in [0.717, 1.165) is 19.3 Å². The van der Waals surface area contributed by atoms with E-state index in [-0.39, 0.29) is 17.7 Å². The Kier molecular flexibility index (Phi) is 10.0. The summed E-state index contributed by atoms with van der Waals surface area (Å²) in [5.41, 5.74) is 21.4. The average Bonchev–Trinajstić information content (AvgIpc) is 2.37. The molecule has 0 rings (SSSR count). The van der Waals surface area contributed by atoms with E-state index < -0.39 is 6.04 Å². The van der Waals surface area contributed by atoms with Crippen molar-refractivity contribution in [2.45, 2.75) is 44.6 Å². The number of nitrogens with zero attached hydrogens (tertiary/aromatic N) is 1. The van der Waals surface area contributed by atoms with Crippen molar-refractivity contribution in [2.75, 3.05) is 13.1 Å². The van der Waals surface area contributed by atoms with Gasteiger partial charge in [0.05, 0.1) is 11.9 Å². The highest BCUT2D eigenvalue weighted by atomic mass is 16.2. The molecule has 116 valence electrons. The van der Waals surface area contributed by atoms with Gasteiger partial charge in [-0.05, 0) is 25.7 Å². The molecule has 0 aromatic heterocycles. The summed E-state index contributed by atoms with van der Waals surface area (Å²) in [7, 11) is 0. The smallest absolute Gasteiger partial charge is 0.236 e. The first-order valence-corrected chi connectivity index (χ1v) is 6.85. The Morgan fingerprint density at radius 2 is 1.85 bits per heavy atom. The molecule has 0 aliphatic rings. The first kappa shape index (κ1) is 18.2. The molecule has 8 heteroatoms. The van der Waals surface area contributed by atoms with Gasteiger partial charge in [0.1, 0.15) is 0 Å². The van der Waals surface area contributed by atoms with Crippen LogP contribution in [0.2, 0.25) is 0 Å². The highest BCUT2D eigenvalue weighted by Gasteiger charge is 2.11. The second-order valence-electron chi connectivity index (χ2n) is 4.68. The highest BCUT2D eigenvalue weighted by Crippen LogP contribution is 1.99. The molecule has 8 nitrogen and oxygen atoms in total. The van der Waals surface area contributed by atoms with Crippen LogP contribution >= 0.6 is 0 Å². The molecule has 0 aliphatic heterocycles. The van der Waals surface area contributed by atoms with Crippen LogP contribution in [0.5, 0.6) is 0 Å². The third kappa shape index (κ3) is 11.3. The van der Waals surface area contributed by atoms with Crippen LogP contribution in [0.25, 0.3) is 0 Å². The minimum absolute atomic E-state index is 0.0496. The zero-order valence-corrected chi connectivity index (χ0v) is 11.9. The van der Waals surface area contributed by atoms with Crippen LogP contribution in [0.3, 0.4) is 0 Å². The lowest BCUT2D eigenvalue weighted by atomic mass is 10.1. The van der Waals surface area contributed by atoms with Gasteiger partial charge in [0, 0.05) is 19.5 Å². The summed E-state index contributed by atoms with van der Waals surface area (Å²) in [4.78, 5) is 15.5. The molecule has 1 amide bonds. The fourth-order valence-electron chi connectivity index (χ4n) is 1.61. The van der Waals surface area contributed by atoms with E-state index in [0.29, 0.717) is 32.4 Å². The number of unbranched alkanes of at least 4 members (excludes halogenated alkanes) is 2. The number of nitrogens with one attached hydrogen (secondary N) is 2. The minimum Gasteiger partial charge on any atom is -0.388 e. The van der Waals surface area contributed by atoms with E-state index in [4.69, 9.17) is 28.3 Å². The lowest BCUT2D eigenvalue weighted by molar-refractivity contribution is -0.122. The van der Waals surface area contributed by atoms with E-state index >= 15 is 0 Å². The molecular formula is C12H27N7O. The Morgan fingerprint density at radius 1 is 1.15 bits per heavy atom. The van der Waals surface area contributed by atoms with Crippen LogP contribution in [-0.4, -0.2) is 36.8 Å². The second-order valence-corrected chi connectivity index (χ2v) is 4.68. The molecule has 0 aromatic carbocycles. The fraction of sp³-hybridized carbons (Fsp3) is 0.750. The molecule has 0 radical (unpaired) electrons. The number of hydrogen-bond acceptors (Lipinski definition) is 4. The number of carbonyl (C=O) groups excluding carboxylic acids is 1. The van der Waals surface area contributed by atoms with E-state index in [2.05, 4.69) is 10.3 Å². The number of guanidine groups is 1. The number of rotatable bonds is 11. The van der Waals surface area contributed by atoms with Crippen molar-refractivity contribution in [3.8, 4) is 0 Å². The Morgan fingerprint density at radius 3 is 2.45 bits per heavy atom. The van der Waals surface area contributed by atoms with Gasteiger partial charge in [-0.1, -0.05) is 6.42 Å². The molecule has 0 unspecified atom stereocenters. The van der Waals surface area contributed by atoms with E-state index in [1.54, 1.807) is 0 Å². The zero-order chi connectivity index (χ0) is 15.4. The minimum atomic E-state index is -0.526. The van der Waals surface area contributed by atoms with E-state index in [1.807, 2.05) is 0 Å². The van der Waals surface area contributed by atoms with Crippen LogP contribution in [-0.2, 0) is 4.79 Å². The van der Waals surface area contributed by atoms with Gasteiger partial charge in [-0.3, -0.25) is 15.2 Å². The Bertz CT molecular complexity index is 326. The first-order chi connectivity index (χ1) is 9.43. The average molecular weight is 285 g/mol. The van der Waals surface area contributed by atoms with Crippen molar-refractivity contribution in [3.63, 3.8) is 0 Å². The normalized spacial score (nSPS) is 11.7. The maximum Gasteiger partial charge on any atom is 0.236 e. The van der Waals surface area contributed by atoms with Crippen molar-refractivity contribution in [1.29, 1.82) is 5.41 Å². The van der Waals surface area contributed by atoms with Gasteiger partial charge in [0.2, 0.25) is 5.91 Å². The summed E-state index contributed by atoms with van der Waals surface area (Å²) < 4.78 is 0. The van der Waals surface area contributed by atoms with E-state index in [9.17, 15) is 4.79 Å². The lowest BCUT2D eigenvalue weighted by Gasteiger charge is -2.11. The highest BCUT2D eigenvalue weighted by molar-refractivity contribution is 5.81. The molecule has 0 aromatic rings. The van der Waals surface area contributed by atoms with Crippen molar-refractivity contribution in [3.05, 3.63) is 0 Å².